The number of hydrogen-bond acceptors (Lipinski definition) is 6. The maximum absolute atomic E-state index is 12.5. The molecule has 0 radical (unpaired) electrons. The zero-order chi connectivity index (χ0) is 26.3. The Bertz CT molecular complexity index is 1120. The van der Waals surface area contributed by atoms with Crippen LogP contribution >= 0.6 is 15.9 Å². The summed E-state index contributed by atoms with van der Waals surface area (Å²) < 4.78 is 49.3. The number of ketones is 1. The van der Waals surface area contributed by atoms with Gasteiger partial charge in [-0.05, 0) is 59.5 Å². The van der Waals surface area contributed by atoms with Gasteiger partial charge in [0, 0.05) is 24.6 Å². The lowest BCUT2D eigenvalue weighted by atomic mass is 10.0. The molecule has 0 fully saturated rings. The van der Waals surface area contributed by atoms with Gasteiger partial charge in [-0.15, -0.1) is 0 Å². The molecule has 0 aliphatic rings. The van der Waals surface area contributed by atoms with Crippen molar-refractivity contribution >= 4 is 39.3 Å². The molecule has 0 aliphatic heterocycles. The number of ether oxygens (including phenoxy) is 2. The molecule has 0 aromatic heterocycles. The Kier molecular flexibility index (Phi) is 9.52. The highest BCUT2D eigenvalue weighted by atomic mass is 79.9. The first-order valence-corrected chi connectivity index (χ1v) is 11.1. The number of benzene rings is 2. The fraction of sp³-hybridized carbons (Fsp3) is 0.348. The van der Waals surface area contributed by atoms with E-state index >= 15 is 0 Å². The summed E-state index contributed by atoms with van der Waals surface area (Å²) in [6.45, 7) is 3.05. The van der Waals surface area contributed by atoms with Crippen LogP contribution in [0.4, 0.5) is 18.9 Å². The van der Waals surface area contributed by atoms with Crippen molar-refractivity contribution in [3.63, 3.8) is 0 Å². The first-order chi connectivity index (χ1) is 16.3. The number of phenols is 1. The molecule has 3 N–H and O–H groups in total. The van der Waals surface area contributed by atoms with Crippen LogP contribution in [0, 0.1) is 6.92 Å². The number of rotatable bonds is 10. The molecule has 0 bridgehead atoms. The van der Waals surface area contributed by atoms with Gasteiger partial charge >= 0.3 is 18.1 Å². The molecule has 190 valence electrons. The number of alkyl halides is 3. The van der Waals surface area contributed by atoms with E-state index in [9.17, 15) is 32.7 Å². The Morgan fingerprint density at radius 2 is 1.71 bits per heavy atom. The van der Waals surface area contributed by atoms with Crippen molar-refractivity contribution in [1.82, 2.24) is 0 Å². The Hall–Kier alpha value is -3.28. The number of phenolic OH excluding ortho intramolecular Hbond substituents is 1. The maximum Gasteiger partial charge on any atom is 0.394 e. The average molecular weight is 562 g/mol. The number of aromatic hydroxyl groups is 1. The van der Waals surface area contributed by atoms with E-state index in [4.69, 9.17) is 14.6 Å². The fourth-order valence-corrected chi connectivity index (χ4v) is 3.62. The molecule has 0 saturated carbocycles. The first-order valence-electron chi connectivity index (χ1n) is 10.3. The summed E-state index contributed by atoms with van der Waals surface area (Å²) in [5.74, 6) is -3.52. The van der Waals surface area contributed by atoms with Crippen LogP contribution in [0.15, 0.2) is 28.7 Å². The van der Waals surface area contributed by atoms with Gasteiger partial charge in [-0.25, -0.2) is 4.79 Å². The molecular formula is C23H23BrF3NO7. The van der Waals surface area contributed by atoms with Gasteiger partial charge in [-0.3, -0.25) is 9.59 Å². The molecule has 0 saturated heterocycles. The number of carboxylic acid groups (broad SMARTS) is 1. The number of anilines is 1. The average Bonchev–Trinajstić information content (AvgIpc) is 2.74. The SMILES string of the molecule is CC(=O)c1c(OCCCOc2cc(NC(=O)C(=O)O)c(C)cc2Br)ccc(CCC(F)(F)F)c1O. The van der Waals surface area contributed by atoms with Crippen LogP contribution in [-0.2, 0) is 16.0 Å². The number of nitrogens with one attached hydrogen (secondary N) is 1. The maximum atomic E-state index is 12.5. The molecule has 12 heteroatoms. The van der Waals surface area contributed by atoms with Gasteiger partial charge in [0.05, 0.1) is 17.7 Å². The minimum atomic E-state index is -4.40. The van der Waals surface area contributed by atoms with Gasteiger partial charge in [0.1, 0.15) is 22.8 Å². The quantitative estimate of drug-likeness (QED) is 0.211. The van der Waals surface area contributed by atoms with Crippen LogP contribution in [0.2, 0.25) is 0 Å². The number of carboxylic acids is 1. The van der Waals surface area contributed by atoms with Gasteiger partial charge in [0.25, 0.3) is 0 Å². The van der Waals surface area contributed by atoms with E-state index < -0.39 is 42.4 Å². The largest absolute Gasteiger partial charge is 0.507 e. The normalized spacial score (nSPS) is 11.1. The van der Waals surface area contributed by atoms with Crippen molar-refractivity contribution in [2.24, 2.45) is 0 Å². The van der Waals surface area contributed by atoms with E-state index in [1.54, 1.807) is 13.0 Å². The lowest BCUT2D eigenvalue weighted by Gasteiger charge is -2.15. The predicted octanol–water partition coefficient (Wildman–Crippen LogP) is 5.03. The second kappa shape index (κ2) is 11.9. The molecule has 2 aromatic carbocycles. The highest BCUT2D eigenvalue weighted by molar-refractivity contribution is 9.10. The number of aliphatic carboxylic acids is 1. The lowest BCUT2D eigenvalue weighted by molar-refractivity contribution is -0.147. The van der Waals surface area contributed by atoms with Gasteiger partial charge in [0.2, 0.25) is 0 Å². The number of hydrogen-bond donors (Lipinski definition) is 3. The highest BCUT2D eigenvalue weighted by Gasteiger charge is 2.28. The van der Waals surface area contributed by atoms with Crippen LogP contribution in [0.3, 0.4) is 0 Å². The third kappa shape index (κ3) is 8.16. The van der Waals surface area contributed by atoms with Gasteiger partial charge in [0.15, 0.2) is 5.78 Å². The van der Waals surface area contributed by atoms with Gasteiger partial charge in [-0.2, -0.15) is 13.2 Å². The number of Topliss-reactive ketones (excluding diaryl/α,β-unsaturated/α-hetero) is 1. The smallest absolute Gasteiger partial charge is 0.394 e. The lowest BCUT2D eigenvalue weighted by Crippen LogP contribution is -2.22. The summed E-state index contributed by atoms with van der Waals surface area (Å²) in [5.41, 5.74) is 0.681. The number of carbonyl (C=O) groups excluding carboxylic acids is 2. The van der Waals surface area contributed by atoms with Crippen molar-refractivity contribution in [3.05, 3.63) is 45.4 Å². The van der Waals surface area contributed by atoms with Gasteiger partial charge < -0.3 is 25.0 Å². The molecule has 0 spiro atoms. The van der Waals surface area contributed by atoms with Crippen molar-refractivity contribution in [2.45, 2.75) is 39.3 Å². The Morgan fingerprint density at radius 3 is 2.29 bits per heavy atom. The highest BCUT2D eigenvalue weighted by Crippen LogP contribution is 2.35. The molecule has 0 atom stereocenters. The fourth-order valence-electron chi connectivity index (χ4n) is 3.05. The summed E-state index contributed by atoms with van der Waals surface area (Å²) in [4.78, 5) is 34.2. The molecule has 0 aliphatic carbocycles. The Labute approximate surface area is 207 Å². The van der Waals surface area contributed by atoms with Gasteiger partial charge in [-0.1, -0.05) is 6.07 Å². The molecule has 1 amide bonds. The minimum Gasteiger partial charge on any atom is -0.507 e. The Morgan fingerprint density at radius 1 is 1.09 bits per heavy atom. The van der Waals surface area contributed by atoms with Crippen molar-refractivity contribution in [2.75, 3.05) is 18.5 Å². The van der Waals surface area contributed by atoms with E-state index in [1.165, 1.54) is 25.1 Å². The zero-order valence-corrected chi connectivity index (χ0v) is 20.4. The zero-order valence-electron chi connectivity index (χ0n) is 18.8. The number of halogens is 4. The summed E-state index contributed by atoms with van der Waals surface area (Å²) in [7, 11) is 0. The van der Waals surface area contributed by atoms with Crippen LogP contribution in [0.1, 0.15) is 41.3 Å². The second-order valence-electron chi connectivity index (χ2n) is 7.53. The number of aryl methyl sites for hydroxylation is 2. The molecule has 8 nitrogen and oxygen atoms in total. The summed E-state index contributed by atoms with van der Waals surface area (Å²) in [5, 5.41) is 21.3. The van der Waals surface area contributed by atoms with Crippen LogP contribution < -0.4 is 14.8 Å². The van der Waals surface area contributed by atoms with E-state index in [2.05, 4.69) is 21.2 Å². The molecule has 0 unspecified atom stereocenters. The van der Waals surface area contributed by atoms with E-state index in [-0.39, 0.29) is 35.8 Å². The van der Waals surface area contributed by atoms with Crippen molar-refractivity contribution in [1.29, 1.82) is 0 Å². The van der Waals surface area contributed by atoms with E-state index in [1.807, 2.05) is 0 Å². The summed E-state index contributed by atoms with van der Waals surface area (Å²) >= 11 is 3.33. The number of amides is 1. The first kappa shape index (κ1) is 28.0. The minimum absolute atomic E-state index is 0.00165. The second-order valence-corrected chi connectivity index (χ2v) is 8.38. The molecule has 0 heterocycles. The molecular weight excluding hydrogens is 539 g/mol. The summed E-state index contributed by atoms with van der Waals surface area (Å²) in [6.07, 6.45) is -5.67. The molecule has 2 rings (SSSR count). The predicted molar refractivity (Wildman–Crippen MR) is 123 cm³/mol. The third-order valence-corrected chi connectivity index (χ3v) is 5.40. The molecule has 35 heavy (non-hydrogen) atoms. The van der Waals surface area contributed by atoms with Crippen LogP contribution in [0.25, 0.3) is 0 Å². The van der Waals surface area contributed by atoms with Crippen LogP contribution in [0.5, 0.6) is 17.2 Å². The number of carbonyl (C=O) groups is 3. The van der Waals surface area contributed by atoms with E-state index in [0.29, 0.717) is 22.2 Å². The van der Waals surface area contributed by atoms with E-state index in [0.717, 1.165) is 0 Å². The van der Waals surface area contributed by atoms with Crippen molar-refractivity contribution in [3.8, 4) is 17.2 Å². The standard InChI is InChI=1S/C23H23BrF3NO7/c1-12-10-15(24)18(11-16(12)28-21(31)22(32)33)35-9-3-8-34-17-5-4-14(6-7-23(25,26)27)20(30)19(17)13(2)29/h4-5,10-11,30H,3,6-9H2,1-2H3,(H,28,31)(H,32,33). The summed E-state index contributed by atoms with van der Waals surface area (Å²) in [6, 6.07) is 5.74. The van der Waals surface area contributed by atoms with Crippen LogP contribution in [-0.4, -0.2) is 47.3 Å². The molecule has 2 aromatic rings. The topological polar surface area (TPSA) is 122 Å². The van der Waals surface area contributed by atoms with Crippen molar-refractivity contribution < 1.29 is 47.2 Å². The monoisotopic (exact) mass is 561 g/mol. The third-order valence-electron chi connectivity index (χ3n) is 4.78. The Balaban J connectivity index is 1.99.